The summed E-state index contributed by atoms with van der Waals surface area (Å²) in [4.78, 5) is 0. The molecule has 0 spiro atoms. The summed E-state index contributed by atoms with van der Waals surface area (Å²) < 4.78 is 43.6. The van der Waals surface area contributed by atoms with E-state index in [2.05, 4.69) is 5.32 Å². The van der Waals surface area contributed by atoms with Crippen molar-refractivity contribution in [2.45, 2.75) is 31.0 Å². The highest BCUT2D eigenvalue weighted by atomic mass is 19.4. The molecule has 0 radical (unpaired) electrons. The topological polar surface area (TPSA) is 21.3 Å². The third-order valence-corrected chi connectivity index (χ3v) is 3.73. The van der Waals surface area contributed by atoms with Crippen LogP contribution in [-0.4, -0.2) is 25.8 Å². The second-order valence-electron chi connectivity index (χ2n) is 5.01. The second-order valence-corrected chi connectivity index (χ2v) is 5.01. The minimum atomic E-state index is -4.29. The maximum Gasteiger partial charge on any atom is 0.416 e. The van der Waals surface area contributed by atoms with Crippen molar-refractivity contribution in [2.24, 2.45) is 0 Å². The van der Waals surface area contributed by atoms with Crippen molar-refractivity contribution in [1.82, 2.24) is 5.32 Å². The number of hydrogen-bond acceptors (Lipinski definition) is 2. The Hall–Kier alpha value is -1.07. The van der Waals surface area contributed by atoms with Crippen LogP contribution in [0.15, 0.2) is 24.3 Å². The van der Waals surface area contributed by atoms with Gasteiger partial charge in [-0.05, 0) is 37.6 Å². The molecule has 2 nitrogen and oxygen atoms in total. The molecule has 1 aromatic carbocycles. The fourth-order valence-electron chi connectivity index (χ4n) is 2.57. The summed E-state index contributed by atoms with van der Waals surface area (Å²) in [6.45, 7) is 1.68. The lowest BCUT2D eigenvalue weighted by Crippen LogP contribution is -2.45. The van der Waals surface area contributed by atoms with Crippen LogP contribution < -0.4 is 5.32 Å². The van der Waals surface area contributed by atoms with E-state index in [9.17, 15) is 13.2 Å². The molecule has 1 aliphatic rings. The molecular weight excluding hydrogens is 255 g/mol. The number of halogens is 3. The zero-order chi connectivity index (χ0) is 13.9. The number of hydrogen-bond donors (Lipinski definition) is 1. The molecule has 0 bridgehead atoms. The summed E-state index contributed by atoms with van der Waals surface area (Å²) in [5.74, 6) is 0. The molecule has 1 aromatic rings. The molecule has 0 aromatic heterocycles. The highest BCUT2D eigenvalue weighted by Crippen LogP contribution is 2.32. The number of benzene rings is 1. The highest BCUT2D eigenvalue weighted by Gasteiger charge is 2.34. The molecule has 106 valence electrons. The van der Waals surface area contributed by atoms with E-state index in [4.69, 9.17) is 4.74 Å². The van der Waals surface area contributed by atoms with E-state index in [0.717, 1.165) is 32.0 Å². The van der Waals surface area contributed by atoms with Gasteiger partial charge in [0, 0.05) is 13.5 Å². The van der Waals surface area contributed by atoms with Crippen LogP contribution in [0.3, 0.4) is 0 Å². The van der Waals surface area contributed by atoms with Crippen molar-refractivity contribution in [3.8, 4) is 0 Å². The molecular formula is C14H18F3NO. The zero-order valence-corrected chi connectivity index (χ0v) is 10.9. The van der Waals surface area contributed by atoms with Crippen molar-refractivity contribution < 1.29 is 17.9 Å². The van der Waals surface area contributed by atoms with E-state index in [1.807, 2.05) is 0 Å². The fourth-order valence-corrected chi connectivity index (χ4v) is 2.57. The Morgan fingerprint density at radius 2 is 1.95 bits per heavy atom. The van der Waals surface area contributed by atoms with Gasteiger partial charge in [0.15, 0.2) is 0 Å². The lowest BCUT2D eigenvalue weighted by Gasteiger charge is -2.36. The summed E-state index contributed by atoms with van der Waals surface area (Å²) in [5.41, 5.74) is -0.251. The van der Waals surface area contributed by atoms with Gasteiger partial charge in [0.25, 0.3) is 0 Å². The maximum atomic E-state index is 12.7. The Balaban J connectivity index is 2.18. The number of ether oxygens (including phenoxy) is 1. The first kappa shape index (κ1) is 14.3. The quantitative estimate of drug-likeness (QED) is 0.914. The van der Waals surface area contributed by atoms with E-state index in [0.29, 0.717) is 12.0 Å². The van der Waals surface area contributed by atoms with Gasteiger partial charge in [0.2, 0.25) is 0 Å². The van der Waals surface area contributed by atoms with Gasteiger partial charge in [-0.25, -0.2) is 0 Å². The van der Waals surface area contributed by atoms with E-state index < -0.39 is 11.7 Å². The molecule has 1 saturated heterocycles. The van der Waals surface area contributed by atoms with Gasteiger partial charge in [-0.2, -0.15) is 13.2 Å². The standard InChI is InChI=1S/C14H18F3NO/c1-19-13(5-7-18-8-6-13)10-11-3-2-4-12(9-11)14(15,16)17/h2-4,9,18H,5-8,10H2,1H3. The number of rotatable bonds is 3. The molecule has 0 unspecified atom stereocenters. The molecule has 0 aliphatic carbocycles. The van der Waals surface area contributed by atoms with E-state index in [-0.39, 0.29) is 5.60 Å². The monoisotopic (exact) mass is 273 g/mol. The van der Waals surface area contributed by atoms with E-state index in [1.165, 1.54) is 12.1 Å². The van der Waals surface area contributed by atoms with Gasteiger partial charge >= 0.3 is 6.18 Å². The third kappa shape index (κ3) is 3.48. The Morgan fingerprint density at radius 1 is 1.26 bits per heavy atom. The lowest BCUT2D eigenvalue weighted by molar-refractivity contribution is -0.137. The van der Waals surface area contributed by atoms with Gasteiger partial charge in [-0.15, -0.1) is 0 Å². The first-order chi connectivity index (χ1) is 8.95. The van der Waals surface area contributed by atoms with Crippen molar-refractivity contribution in [3.05, 3.63) is 35.4 Å². The van der Waals surface area contributed by atoms with Gasteiger partial charge in [0.1, 0.15) is 0 Å². The largest absolute Gasteiger partial charge is 0.416 e. The first-order valence-corrected chi connectivity index (χ1v) is 6.37. The maximum absolute atomic E-state index is 12.7. The zero-order valence-electron chi connectivity index (χ0n) is 10.9. The number of nitrogens with one attached hydrogen (secondary N) is 1. The van der Waals surface area contributed by atoms with Gasteiger partial charge in [-0.3, -0.25) is 0 Å². The Bertz CT molecular complexity index is 425. The molecule has 0 saturated carbocycles. The van der Waals surface area contributed by atoms with Gasteiger partial charge in [-0.1, -0.05) is 18.2 Å². The Labute approximate surface area is 111 Å². The van der Waals surface area contributed by atoms with Crippen LogP contribution in [0, 0.1) is 0 Å². The summed E-state index contributed by atoms with van der Waals surface area (Å²) in [6.07, 6.45) is -2.13. The molecule has 5 heteroatoms. The minimum absolute atomic E-state index is 0.338. The molecule has 0 atom stereocenters. The number of methoxy groups -OCH3 is 1. The molecule has 0 amide bonds. The molecule has 1 fully saturated rings. The third-order valence-electron chi connectivity index (χ3n) is 3.73. The van der Waals surface area contributed by atoms with Crippen molar-refractivity contribution in [3.63, 3.8) is 0 Å². The van der Waals surface area contributed by atoms with Crippen LogP contribution in [0.5, 0.6) is 0 Å². The van der Waals surface area contributed by atoms with Crippen molar-refractivity contribution in [2.75, 3.05) is 20.2 Å². The summed E-state index contributed by atoms with van der Waals surface area (Å²) in [7, 11) is 1.64. The molecule has 2 rings (SSSR count). The van der Waals surface area contributed by atoms with Crippen molar-refractivity contribution >= 4 is 0 Å². The van der Waals surface area contributed by atoms with Crippen LogP contribution in [0.1, 0.15) is 24.0 Å². The number of piperidine rings is 1. The average molecular weight is 273 g/mol. The predicted octanol–water partition coefficient (Wildman–Crippen LogP) is 3.02. The van der Waals surface area contributed by atoms with Gasteiger partial charge < -0.3 is 10.1 Å². The van der Waals surface area contributed by atoms with E-state index in [1.54, 1.807) is 13.2 Å². The van der Waals surface area contributed by atoms with Crippen LogP contribution >= 0.6 is 0 Å². The predicted molar refractivity (Wildman–Crippen MR) is 67.0 cm³/mol. The second kappa shape index (κ2) is 5.51. The Morgan fingerprint density at radius 3 is 2.53 bits per heavy atom. The normalized spacial score (nSPS) is 19.4. The molecule has 1 heterocycles. The first-order valence-electron chi connectivity index (χ1n) is 6.37. The highest BCUT2D eigenvalue weighted by molar-refractivity contribution is 5.27. The smallest absolute Gasteiger partial charge is 0.378 e. The van der Waals surface area contributed by atoms with Crippen molar-refractivity contribution in [1.29, 1.82) is 0 Å². The summed E-state index contributed by atoms with van der Waals surface area (Å²) in [5, 5.41) is 3.24. The van der Waals surface area contributed by atoms with E-state index >= 15 is 0 Å². The average Bonchev–Trinajstić information content (AvgIpc) is 2.39. The SMILES string of the molecule is COC1(Cc2cccc(C(F)(F)F)c2)CCNCC1. The van der Waals surface area contributed by atoms with Crippen LogP contribution in [0.4, 0.5) is 13.2 Å². The Kier molecular flexibility index (Phi) is 4.16. The summed E-state index contributed by atoms with van der Waals surface area (Å²) >= 11 is 0. The summed E-state index contributed by atoms with van der Waals surface area (Å²) in [6, 6.07) is 5.52. The lowest BCUT2D eigenvalue weighted by atomic mass is 9.85. The van der Waals surface area contributed by atoms with Crippen LogP contribution in [0.2, 0.25) is 0 Å². The number of alkyl halides is 3. The fraction of sp³-hybridized carbons (Fsp3) is 0.571. The molecule has 1 N–H and O–H groups in total. The minimum Gasteiger partial charge on any atom is -0.378 e. The molecule has 1 aliphatic heterocycles. The molecule has 19 heavy (non-hydrogen) atoms. The van der Waals surface area contributed by atoms with Crippen LogP contribution in [-0.2, 0) is 17.3 Å². The van der Waals surface area contributed by atoms with Crippen LogP contribution in [0.25, 0.3) is 0 Å². The van der Waals surface area contributed by atoms with Gasteiger partial charge in [0.05, 0.1) is 11.2 Å².